The third kappa shape index (κ3) is 2.82. The SMILES string of the molecule is Cc1ccc(Nc2nc(C(C)(C)C(=O)O)cs2)cc1C. The second kappa shape index (κ2) is 5.25. The van der Waals surface area contributed by atoms with Crippen LogP contribution < -0.4 is 5.32 Å². The average molecular weight is 290 g/mol. The first-order valence-corrected chi connectivity index (χ1v) is 7.22. The normalized spacial score (nSPS) is 11.4. The lowest BCUT2D eigenvalue weighted by atomic mass is 9.90. The first kappa shape index (κ1) is 14.5. The van der Waals surface area contributed by atoms with Crippen LogP contribution in [0.1, 0.15) is 30.7 Å². The van der Waals surface area contributed by atoms with Gasteiger partial charge in [-0.15, -0.1) is 11.3 Å². The molecule has 0 aliphatic rings. The van der Waals surface area contributed by atoms with E-state index in [4.69, 9.17) is 0 Å². The second-order valence-electron chi connectivity index (χ2n) is 5.39. The smallest absolute Gasteiger partial charge is 0.315 e. The molecule has 2 N–H and O–H groups in total. The first-order chi connectivity index (χ1) is 9.30. The lowest BCUT2D eigenvalue weighted by molar-refractivity contribution is -0.142. The fourth-order valence-corrected chi connectivity index (χ4v) is 2.57. The lowest BCUT2D eigenvalue weighted by Crippen LogP contribution is -2.28. The largest absolute Gasteiger partial charge is 0.481 e. The fourth-order valence-electron chi connectivity index (χ4n) is 1.67. The summed E-state index contributed by atoms with van der Waals surface area (Å²) >= 11 is 1.41. The molecule has 0 amide bonds. The van der Waals surface area contributed by atoms with Gasteiger partial charge >= 0.3 is 5.97 Å². The summed E-state index contributed by atoms with van der Waals surface area (Å²) in [6.45, 7) is 7.44. The molecule has 0 bridgehead atoms. The Labute approximate surface area is 122 Å². The molecule has 20 heavy (non-hydrogen) atoms. The maximum Gasteiger partial charge on any atom is 0.315 e. The molecule has 0 saturated carbocycles. The van der Waals surface area contributed by atoms with Gasteiger partial charge in [0.05, 0.1) is 5.69 Å². The zero-order valence-corrected chi connectivity index (χ0v) is 12.8. The third-order valence-electron chi connectivity index (χ3n) is 3.44. The van der Waals surface area contributed by atoms with Crippen molar-refractivity contribution in [3.8, 4) is 0 Å². The van der Waals surface area contributed by atoms with Gasteiger partial charge in [-0.2, -0.15) is 0 Å². The standard InChI is InChI=1S/C15H18N2O2S/c1-9-5-6-11(7-10(9)2)16-14-17-12(8-20-14)15(3,4)13(18)19/h5-8H,1-4H3,(H,16,17)(H,18,19). The molecule has 0 saturated heterocycles. The van der Waals surface area contributed by atoms with Crippen LogP contribution in [0.3, 0.4) is 0 Å². The summed E-state index contributed by atoms with van der Waals surface area (Å²) in [5.74, 6) is -0.875. The quantitative estimate of drug-likeness (QED) is 0.897. The van der Waals surface area contributed by atoms with Crippen LogP contribution in [0.4, 0.5) is 10.8 Å². The van der Waals surface area contributed by atoms with Gasteiger partial charge in [0, 0.05) is 11.1 Å². The summed E-state index contributed by atoms with van der Waals surface area (Å²) in [7, 11) is 0. The Kier molecular flexibility index (Phi) is 3.81. The van der Waals surface area contributed by atoms with E-state index in [0.717, 1.165) is 5.69 Å². The van der Waals surface area contributed by atoms with Crippen molar-refractivity contribution in [2.45, 2.75) is 33.1 Å². The molecule has 4 nitrogen and oxygen atoms in total. The highest BCUT2D eigenvalue weighted by Crippen LogP contribution is 2.29. The summed E-state index contributed by atoms with van der Waals surface area (Å²) < 4.78 is 0. The van der Waals surface area contributed by atoms with Crippen molar-refractivity contribution in [1.82, 2.24) is 4.98 Å². The van der Waals surface area contributed by atoms with Gasteiger partial charge < -0.3 is 10.4 Å². The van der Waals surface area contributed by atoms with E-state index in [1.807, 2.05) is 12.1 Å². The van der Waals surface area contributed by atoms with E-state index in [2.05, 4.69) is 30.2 Å². The Morgan fingerprint density at radius 2 is 2.00 bits per heavy atom. The van der Waals surface area contributed by atoms with E-state index in [1.165, 1.54) is 22.5 Å². The van der Waals surface area contributed by atoms with Crippen molar-refractivity contribution in [2.24, 2.45) is 0 Å². The maximum absolute atomic E-state index is 11.2. The number of hydrogen-bond donors (Lipinski definition) is 2. The van der Waals surface area contributed by atoms with Crippen LogP contribution in [0.15, 0.2) is 23.6 Å². The topological polar surface area (TPSA) is 62.2 Å². The predicted molar refractivity (Wildman–Crippen MR) is 82.0 cm³/mol. The summed E-state index contributed by atoms with van der Waals surface area (Å²) in [5, 5.41) is 14.9. The molecule has 0 atom stereocenters. The average Bonchev–Trinajstić information content (AvgIpc) is 2.83. The Bertz CT molecular complexity index is 647. The molecule has 0 radical (unpaired) electrons. The Morgan fingerprint density at radius 3 is 2.60 bits per heavy atom. The highest BCUT2D eigenvalue weighted by Gasteiger charge is 2.32. The molecule has 0 spiro atoms. The fraction of sp³-hybridized carbons (Fsp3) is 0.333. The molecule has 1 heterocycles. The molecule has 1 aromatic heterocycles. The minimum atomic E-state index is -0.973. The molecule has 0 aliphatic heterocycles. The molecule has 5 heteroatoms. The maximum atomic E-state index is 11.2. The Morgan fingerprint density at radius 1 is 1.30 bits per heavy atom. The van der Waals surface area contributed by atoms with Crippen LogP contribution in [-0.2, 0) is 10.2 Å². The molecular formula is C15H18N2O2S. The van der Waals surface area contributed by atoms with Gasteiger partial charge in [-0.3, -0.25) is 4.79 Å². The summed E-state index contributed by atoms with van der Waals surface area (Å²) in [6, 6.07) is 6.10. The minimum Gasteiger partial charge on any atom is -0.481 e. The van der Waals surface area contributed by atoms with Crippen molar-refractivity contribution < 1.29 is 9.90 Å². The predicted octanol–water partition coefficient (Wildman–Crippen LogP) is 3.87. The number of aliphatic carboxylic acids is 1. The molecule has 0 fully saturated rings. The number of carbonyl (C=O) groups is 1. The van der Waals surface area contributed by atoms with Gasteiger partial charge in [0.25, 0.3) is 0 Å². The number of aryl methyl sites for hydroxylation is 2. The number of nitrogens with one attached hydrogen (secondary N) is 1. The van der Waals surface area contributed by atoms with Crippen molar-refractivity contribution in [3.05, 3.63) is 40.4 Å². The number of hydrogen-bond acceptors (Lipinski definition) is 4. The number of nitrogens with zero attached hydrogens (tertiary/aromatic N) is 1. The van der Waals surface area contributed by atoms with Gasteiger partial charge in [0.1, 0.15) is 5.41 Å². The van der Waals surface area contributed by atoms with Crippen LogP contribution in [-0.4, -0.2) is 16.1 Å². The zero-order valence-electron chi connectivity index (χ0n) is 12.0. The van der Waals surface area contributed by atoms with Crippen LogP contribution in [0, 0.1) is 13.8 Å². The van der Waals surface area contributed by atoms with Gasteiger partial charge in [0.15, 0.2) is 5.13 Å². The number of benzene rings is 1. The highest BCUT2D eigenvalue weighted by molar-refractivity contribution is 7.13. The molecule has 2 rings (SSSR count). The van der Waals surface area contributed by atoms with E-state index in [0.29, 0.717) is 10.8 Å². The number of thiazole rings is 1. The molecule has 1 aromatic carbocycles. The van der Waals surface area contributed by atoms with Crippen LogP contribution in [0.25, 0.3) is 0 Å². The third-order valence-corrected chi connectivity index (χ3v) is 4.20. The van der Waals surface area contributed by atoms with Gasteiger partial charge in [-0.1, -0.05) is 6.07 Å². The van der Waals surface area contributed by atoms with Gasteiger partial charge in [-0.25, -0.2) is 4.98 Å². The first-order valence-electron chi connectivity index (χ1n) is 6.34. The van der Waals surface area contributed by atoms with E-state index in [-0.39, 0.29) is 0 Å². The number of carboxylic acid groups (broad SMARTS) is 1. The minimum absolute atomic E-state index is 0.571. The van der Waals surface area contributed by atoms with E-state index < -0.39 is 11.4 Å². The monoisotopic (exact) mass is 290 g/mol. The molecule has 2 aromatic rings. The van der Waals surface area contributed by atoms with E-state index in [9.17, 15) is 9.90 Å². The van der Waals surface area contributed by atoms with Crippen LogP contribution in [0.5, 0.6) is 0 Å². The van der Waals surface area contributed by atoms with Crippen LogP contribution in [0.2, 0.25) is 0 Å². The second-order valence-corrected chi connectivity index (χ2v) is 6.25. The number of aromatic nitrogens is 1. The number of rotatable bonds is 4. The number of carboxylic acids is 1. The van der Waals surface area contributed by atoms with Crippen molar-refractivity contribution in [1.29, 1.82) is 0 Å². The van der Waals surface area contributed by atoms with Crippen molar-refractivity contribution in [3.63, 3.8) is 0 Å². The van der Waals surface area contributed by atoms with Gasteiger partial charge in [-0.05, 0) is 51.0 Å². The zero-order chi connectivity index (χ0) is 14.9. The highest BCUT2D eigenvalue weighted by atomic mass is 32.1. The molecule has 0 aliphatic carbocycles. The molecule has 0 unspecified atom stereocenters. The Hall–Kier alpha value is -1.88. The van der Waals surface area contributed by atoms with Crippen molar-refractivity contribution in [2.75, 3.05) is 5.32 Å². The molecular weight excluding hydrogens is 272 g/mol. The summed E-state index contributed by atoms with van der Waals surface area (Å²) in [5.41, 5.74) is 3.00. The van der Waals surface area contributed by atoms with E-state index >= 15 is 0 Å². The van der Waals surface area contributed by atoms with Crippen LogP contribution >= 0.6 is 11.3 Å². The Balaban J connectivity index is 2.21. The molecule has 106 valence electrons. The van der Waals surface area contributed by atoms with Gasteiger partial charge in [0.2, 0.25) is 0 Å². The van der Waals surface area contributed by atoms with Crippen molar-refractivity contribution >= 4 is 28.1 Å². The number of anilines is 2. The van der Waals surface area contributed by atoms with E-state index in [1.54, 1.807) is 19.2 Å². The summed E-state index contributed by atoms with van der Waals surface area (Å²) in [6.07, 6.45) is 0. The lowest BCUT2D eigenvalue weighted by Gasteiger charge is -2.15. The summed E-state index contributed by atoms with van der Waals surface area (Å²) in [4.78, 5) is 15.6.